The van der Waals surface area contributed by atoms with Gasteiger partial charge in [0.25, 0.3) is 0 Å². The monoisotopic (exact) mass is 512 g/mol. The van der Waals surface area contributed by atoms with Crippen LogP contribution in [0.3, 0.4) is 0 Å². The first-order chi connectivity index (χ1) is 14.1. The molecule has 0 spiro atoms. The topological polar surface area (TPSA) is 41.9 Å². The molecule has 4 rings (SSSR count). The first kappa shape index (κ1) is 19.9. The maximum absolute atomic E-state index is 12.3. The van der Waals surface area contributed by atoms with Gasteiger partial charge in [-0.3, -0.25) is 4.79 Å². The fraction of sp³-hybridized carbons (Fsp3) is 0.130. The molecule has 4 nitrogen and oxygen atoms in total. The summed E-state index contributed by atoms with van der Waals surface area (Å²) in [5, 5.41) is 0. The fourth-order valence-corrected chi connectivity index (χ4v) is 4.15. The molecule has 1 atom stereocenters. The highest BCUT2D eigenvalue weighted by Gasteiger charge is 2.33. The normalized spacial score (nSPS) is 15.5. The SMILES string of the molecule is COC(=O)CN1C(c2ccc(Br)cc2)=Nc2ccc(Br)cc2[C@H]1c1ccccc1. The van der Waals surface area contributed by atoms with E-state index in [0.717, 1.165) is 37.2 Å². The molecule has 1 heterocycles. The number of rotatable bonds is 4. The van der Waals surface area contributed by atoms with Gasteiger partial charge in [-0.1, -0.05) is 74.3 Å². The lowest BCUT2D eigenvalue weighted by Gasteiger charge is -2.38. The summed E-state index contributed by atoms with van der Waals surface area (Å²) < 4.78 is 6.96. The Balaban J connectivity index is 1.94. The molecule has 6 heteroatoms. The predicted octanol–water partition coefficient (Wildman–Crippen LogP) is 5.87. The summed E-state index contributed by atoms with van der Waals surface area (Å²) >= 11 is 7.06. The van der Waals surface area contributed by atoms with Gasteiger partial charge in [0.15, 0.2) is 0 Å². The molecule has 1 aliphatic rings. The minimum absolute atomic E-state index is 0.0942. The summed E-state index contributed by atoms with van der Waals surface area (Å²) in [6, 6.07) is 24.0. The van der Waals surface area contributed by atoms with Crippen LogP contribution in [-0.2, 0) is 9.53 Å². The van der Waals surface area contributed by atoms with Gasteiger partial charge in [-0.25, -0.2) is 4.99 Å². The van der Waals surface area contributed by atoms with Crippen LogP contribution in [0.5, 0.6) is 0 Å². The zero-order valence-electron chi connectivity index (χ0n) is 15.7. The average molecular weight is 514 g/mol. The summed E-state index contributed by atoms with van der Waals surface area (Å²) in [7, 11) is 1.41. The number of methoxy groups -OCH3 is 1. The van der Waals surface area contributed by atoms with E-state index in [4.69, 9.17) is 9.73 Å². The molecule has 0 aliphatic carbocycles. The Kier molecular flexibility index (Phi) is 5.83. The molecule has 0 N–H and O–H groups in total. The van der Waals surface area contributed by atoms with E-state index in [-0.39, 0.29) is 18.6 Å². The Labute approximate surface area is 186 Å². The van der Waals surface area contributed by atoms with Crippen LogP contribution >= 0.6 is 31.9 Å². The van der Waals surface area contributed by atoms with Crippen molar-refractivity contribution >= 4 is 49.4 Å². The molecule has 0 amide bonds. The smallest absolute Gasteiger partial charge is 0.325 e. The Hall–Kier alpha value is -2.44. The number of carbonyl (C=O) groups excluding carboxylic acids is 1. The molecule has 3 aromatic rings. The van der Waals surface area contributed by atoms with Gasteiger partial charge < -0.3 is 9.64 Å². The molecule has 0 saturated heterocycles. The van der Waals surface area contributed by atoms with Crippen LogP contribution in [-0.4, -0.2) is 30.4 Å². The fourth-order valence-electron chi connectivity index (χ4n) is 3.51. The van der Waals surface area contributed by atoms with Crippen LogP contribution in [0.4, 0.5) is 5.69 Å². The van der Waals surface area contributed by atoms with Crippen LogP contribution in [0.25, 0.3) is 0 Å². The second-order valence-corrected chi connectivity index (χ2v) is 8.49. The zero-order chi connectivity index (χ0) is 20.4. The Morgan fingerprint density at radius 3 is 2.38 bits per heavy atom. The van der Waals surface area contributed by atoms with Crippen LogP contribution in [0.1, 0.15) is 22.7 Å². The standard InChI is InChI=1S/C23H18Br2N2O2/c1-29-21(28)14-27-22(15-5-3-2-4-6-15)19-13-18(25)11-12-20(19)26-23(27)16-7-9-17(24)10-8-16/h2-13,22H,14H2,1H3/t22-/m1/s1. The van der Waals surface area contributed by atoms with Crippen molar-refractivity contribution in [2.24, 2.45) is 4.99 Å². The highest BCUT2D eigenvalue weighted by atomic mass is 79.9. The lowest BCUT2D eigenvalue weighted by molar-refractivity contribution is -0.141. The number of hydrogen-bond acceptors (Lipinski definition) is 4. The average Bonchev–Trinajstić information content (AvgIpc) is 2.74. The minimum atomic E-state index is -0.311. The summed E-state index contributed by atoms with van der Waals surface area (Å²) in [5.41, 5.74) is 3.95. The maximum Gasteiger partial charge on any atom is 0.325 e. The summed E-state index contributed by atoms with van der Waals surface area (Å²) in [6.45, 7) is 0.0942. The molecule has 0 unspecified atom stereocenters. The third kappa shape index (κ3) is 4.14. The molecule has 0 bridgehead atoms. The summed E-state index contributed by atoms with van der Waals surface area (Å²) in [5.74, 6) is 0.431. The number of carbonyl (C=O) groups is 1. The van der Waals surface area contributed by atoms with Gasteiger partial charge in [0.2, 0.25) is 0 Å². The van der Waals surface area contributed by atoms with Gasteiger partial charge in [-0.2, -0.15) is 0 Å². The number of hydrogen-bond donors (Lipinski definition) is 0. The van der Waals surface area contributed by atoms with Gasteiger partial charge >= 0.3 is 5.97 Å². The molecule has 1 aliphatic heterocycles. The van der Waals surface area contributed by atoms with Gasteiger partial charge in [0.05, 0.1) is 18.8 Å². The predicted molar refractivity (Wildman–Crippen MR) is 121 cm³/mol. The second-order valence-electron chi connectivity index (χ2n) is 6.66. The molecule has 146 valence electrons. The first-order valence-corrected chi connectivity index (χ1v) is 10.7. The molecular weight excluding hydrogens is 496 g/mol. The Morgan fingerprint density at radius 2 is 1.69 bits per heavy atom. The Bertz CT molecular complexity index is 1070. The molecular formula is C23H18Br2N2O2. The summed E-state index contributed by atoms with van der Waals surface area (Å²) in [4.78, 5) is 19.3. The van der Waals surface area contributed by atoms with Crippen LogP contribution in [0, 0.1) is 0 Å². The van der Waals surface area contributed by atoms with Crippen LogP contribution < -0.4 is 0 Å². The lowest BCUT2D eigenvalue weighted by atomic mass is 9.93. The van der Waals surface area contributed by atoms with Crippen molar-refractivity contribution in [3.8, 4) is 0 Å². The largest absolute Gasteiger partial charge is 0.468 e. The number of ether oxygens (including phenoxy) is 1. The second kappa shape index (κ2) is 8.51. The quantitative estimate of drug-likeness (QED) is 0.410. The van der Waals surface area contributed by atoms with Crippen molar-refractivity contribution in [2.75, 3.05) is 13.7 Å². The first-order valence-electron chi connectivity index (χ1n) is 9.09. The third-order valence-corrected chi connectivity index (χ3v) is 5.86. The summed E-state index contributed by atoms with van der Waals surface area (Å²) in [6.07, 6.45) is 0. The van der Waals surface area contributed by atoms with Gasteiger partial charge in [-0.15, -0.1) is 0 Å². The number of aliphatic imine (C=N–C) groups is 1. The zero-order valence-corrected chi connectivity index (χ0v) is 18.9. The van der Waals surface area contributed by atoms with Crippen LogP contribution in [0.2, 0.25) is 0 Å². The van der Waals surface area contributed by atoms with Crippen molar-refractivity contribution in [1.29, 1.82) is 0 Å². The Morgan fingerprint density at radius 1 is 1.00 bits per heavy atom. The molecule has 29 heavy (non-hydrogen) atoms. The number of amidine groups is 1. The maximum atomic E-state index is 12.3. The van der Waals surface area contributed by atoms with E-state index in [9.17, 15) is 4.79 Å². The van der Waals surface area contributed by atoms with Crippen LogP contribution in [0.15, 0.2) is 86.7 Å². The number of fused-ring (bicyclic) bond motifs is 1. The molecule has 0 fully saturated rings. The number of benzene rings is 3. The van der Waals surface area contributed by atoms with E-state index in [2.05, 4.69) is 50.1 Å². The molecule has 0 saturated carbocycles. The molecule has 3 aromatic carbocycles. The number of nitrogens with zero attached hydrogens (tertiary/aromatic N) is 2. The van der Waals surface area contributed by atoms with E-state index in [1.54, 1.807) is 0 Å². The number of esters is 1. The van der Waals surface area contributed by atoms with E-state index in [1.807, 2.05) is 59.5 Å². The third-order valence-electron chi connectivity index (χ3n) is 4.84. The highest BCUT2D eigenvalue weighted by Crippen LogP contribution is 2.41. The lowest BCUT2D eigenvalue weighted by Crippen LogP contribution is -2.42. The van der Waals surface area contributed by atoms with Crippen molar-refractivity contribution in [1.82, 2.24) is 4.90 Å². The molecule has 0 aromatic heterocycles. The van der Waals surface area contributed by atoms with E-state index in [1.165, 1.54) is 7.11 Å². The molecule has 0 radical (unpaired) electrons. The van der Waals surface area contributed by atoms with Crippen molar-refractivity contribution < 1.29 is 9.53 Å². The van der Waals surface area contributed by atoms with Crippen molar-refractivity contribution in [2.45, 2.75) is 6.04 Å². The van der Waals surface area contributed by atoms with E-state index in [0.29, 0.717) is 0 Å². The van der Waals surface area contributed by atoms with E-state index < -0.39 is 0 Å². The minimum Gasteiger partial charge on any atom is -0.468 e. The van der Waals surface area contributed by atoms with Gasteiger partial charge in [0.1, 0.15) is 12.4 Å². The highest BCUT2D eigenvalue weighted by molar-refractivity contribution is 9.10. The van der Waals surface area contributed by atoms with Gasteiger partial charge in [0, 0.05) is 20.1 Å². The number of halogens is 2. The van der Waals surface area contributed by atoms with E-state index >= 15 is 0 Å². The van der Waals surface area contributed by atoms with Crippen molar-refractivity contribution in [3.05, 3.63) is 98.4 Å². The van der Waals surface area contributed by atoms with Crippen molar-refractivity contribution in [3.63, 3.8) is 0 Å². The van der Waals surface area contributed by atoms with Gasteiger partial charge in [-0.05, 0) is 35.9 Å².